The molecule has 2 atom stereocenters. The van der Waals surface area contributed by atoms with Crippen molar-refractivity contribution < 1.29 is 14.3 Å². The van der Waals surface area contributed by atoms with E-state index in [9.17, 15) is 4.79 Å². The number of aromatic nitrogens is 3. The van der Waals surface area contributed by atoms with Crippen LogP contribution in [0.5, 0.6) is 0 Å². The van der Waals surface area contributed by atoms with Gasteiger partial charge in [0.2, 0.25) is 0 Å². The summed E-state index contributed by atoms with van der Waals surface area (Å²) in [5.74, 6) is 1.51. The van der Waals surface area contributed by atoms with Crippen molar-refractivity contribution in [3.05, 3.63) is 30.2 Å². The molecule has 2 N–H and O–H groups in total. The van der Waals surface area contributed by atoms with Crippen molar-refractivity contribution in [3.8, 4) is 0 Å². The van der Waals surface area contributed by atoms with Crippen LogP contribution in [0.1, 0.15) is 47.4 Å². The zero-order chi connectivity index (χ0) is 23.5. The van der Waals surface area contributed by atoms with E-state index in [-0.39, 0.29) is 18.2 Å². The number of nitrogens with zero attached hydrogens (tertiary/aromatic N) is 5. The number of hydrogen-bond acceptors (Lipinski definition) is 6. The molecule has 2 unspecified atom stereocenters. The van der Waals surface area contributed by atoms with E-state index in [4.69, 9.17) is 9.47 Å². The van der Waals surface area contributed by atoms with Gasteiger partial charge in [-0.3, -0.25) is 14.3 Å². The number of guanidine groups is 1. The first kappa shape index (κ1) is 23.8. The first-order valence-electron chi connectivity index (χ1n) is 10.9. The number of pyridine rings is 1. The number of ether oxygens (including phenoxy) is 2. The van der Waals surface area contributed by atoms with Crippen LogP contribution < -0.4 is 10.6 Å². The molecule has 0 bridgehead atoms. The smallest absolute Gasteiger partial charge is 0.412 e. The fraction of sp³-hybridized carbons (Fsp3) is 0.636. The Balaban J connectivity index is 1.58. The maximum Gasteiger partial charge on any atom is 0.412 e. The molecule has 176 valence electrons. The highest BCUT2D eigenvalue weighted by atomic mass is 16.6. The molecule has 0 aromatic carbocycles. The van der Waals surface area contributed by atoms with Gasteiger partial charge in [0.25, 0.3) is 0 Å². The fourth-order valence-corrected chi connectivity index (χ4v) is 3.90. The van der Waals surface area contributed by atoms with Crippen LogP contribution in [-0.2, 0) is 15.9 Å². The lowest BCUT2D eigenvalue weighted by Gasteiger charge is -2.35. The molecule has 1 saturated heterocycles. The van der Waals surface area contributed by atoms with Crippen LogP contribution in [0.15, 0.2) is 29.4 Å². The number of nitrogens with one attached hydrogen (secondary N) is 2. The summed E-state index contributed by atoms with van der Waals surface area (Å²) in [6.45, 7) is 12.4. The first-order valence-corrected chi connectivity index (χ1v) is 10.9. The van der Waals surface area contributed by atoms with E-state index in [1.807, 2.05) is 70.3 Å². The van der Waals surface area contributed by atoms with Gasteiger partial charge in [0, 0.05) is 32.8 Å². The summed E-state index contributed by atoms with van der Waals surface area (Å²) in [6.07, 6.45) is 2.09. The molecule has 2 aromatic rings. The Bertz CT molecular complexity index is 964. The van der Waals surface area contributed by atoms with E-state index in [1.165, 1.54) is 0 Å². The normalized spacial score (nSPS) is 21.1. The summed E-state index contributed by atoms with van der Waals surface area (Å²) >= 11 is 0. The minimum absolute atomic E-state index is 0.162. The maximum absolute atomic E-state index is 12.9. The first-order chi connectivity index (χ1) is 15.0. The molecular formula is C22H35N7O3. The second-order valence-corrected chi connectivity index (χ2v) is 9.36. The van der Waals surface area contributed by atoms with Crippen molar-refractivity contribution in [2.24, 2.45) is 4.99 Å². The second-order valence-electron chi connectivity index (χ2n) is 9.36. The van der Waals surface area contributed by atoms with Gasteiger partial charge in [0.05, 0.1) is 12.1 Å². The molecular weight excluding hydrogens is 410 g/mol. The van der Waals surface area contributed by atoms with Crippen molar-refractivity contribution in [1.29, 1.82) is 0 Å². The van der Waals surface area contributed by atoms with Gasteiger partial charge in [0.15, 0.2) is 11.6 Å². The predicted molar refractivity (Wildman–Crippen MR) is 123 cm³/mol. The molecule has 1 amide bonds. The molecule has 1 fully saturated rings. The highest BCUT2D eigenvalue weighted by Crippen LogP contribution is 2.33. The summed E-state index contributed by atoms with van der Waals surface area (Å²) in [4.78, 5) is 18.9. The van der Waals surface area contributed by atoms with Gasteiger partial charge in [-0.1, -0.05) is 6.07 Å². The van der Waals surface area contributed by atoms with Crippen molar-refractivity contribution >= 4 is 17.7 Å². The molecule has 0 saturated carbocycles. The second kappa shape index (κ2) is 9.32. The van der Waals surface area contributed by atoms with Gasteiger partial charge in [-0.2, -0.15) is 0 Å². The number of rotatable bonds is 5. The summed E-state index contributed by atoms with van der Waals surface area (Å²) in [5, 5.41) is 15.0. The lowest BCUT2D eigenvalue weighted by atomic mass is 10.1. The minimum Gasteiger partial charge on any atom is -0.444 e. The van der Waals surface area contributed by atoms with Crippen LogP contribution >= 0.6 is 0 Å². The zero-order valence-corrected chi connectivity index (χ0v) is 20.0. The Morgan fingerprint density at radius 2 is 2.03 bits per heavy atom. The molecule has 2 aromatic heterocycles. The summed E-state index contributed by atoms with van der Waals surface area (Å²) < 4.78 is 13.7. The Hall–Kier alpha value is -2.88. The minimum atomic E-state index is -0.764. The number of carbonyl (C=O) groups is 1. The van der Waals surface area contributed by atoms with Gasteiger partial charge < -0.3 is 20.1 Å². The Morgan fingerprint density at radius 1 is 1.28 bits per heavy atom. The largest absolute Gasteiger partial charge is 0.444 e. The van der Waals surface area contributed by atoms with Crippen molar-refractivity contribution in [2.75, 3.05) is 20.1 Å². The van der Waals surface area contributed by atoms with E-state index in [0.717, 1.165) is 11.5 Å². The van der Waals surface area contributed by atoms with Crippen LogP contribution in [0, 0.1) is 0 Å². The van der Waals surface area contributed by atoms with Gasteiger partial charge in [-0.15, -0.1) is 10.2 Å². The van der Waals surface area contributed by atoms with Crippen molar-refractivity contribution in [2.45, 2.75) is 71.4 Å². The van der Waals surface area contributed by atoms with Crippen LogP contribution in [0.4, 0.5) is 4.79 Å². The van der Waals surface area contributed by atoms with Crippen molar-refractivity contribution in [3.63, 3.8) is 0 Å². The molecule has 3 rings (SSSR count). The molecule has 0 spiro atoms. The third-order valence-electron chi connectivity index (χ3n) is 5.25. The van der Waals surface area contributed by atoms with Crippen LogP contribution in [0.3, 0.4) is 0 Å². The van der Waals surface area contributed by atoms with Crippen molar-refractivity contribution in [1.82, 2.24) is 30.1 Å². The lowest BCUT2D eigenvalue weighted by Crippen LogP contribution is -2.54. The SMILES string of the molecule is CN=C(NCCc1nnc2ccccn12)NCC1C(C)OC(C)(C)N1C(=O)OC(C)(C)C. The molecule has 10 nitrogen and oxygen atoms in total. The quantitative estimate of drug-likeness (QED) is 0.537. The van der Waals surface area contributed by atoms with Gasteiger partial charge in [-0.25, -0.2) is 4.79 Å². The molecule has 0 aliphatic carbocycles. The van der Waals surface area contributed by atoms with E-state index >= 15 is 0 Å². The van der Waals surface area contributed by atoms with Gasteiger partial charge in [-0.05, 0) is 53.7 Å². The number of fused-ring (bicyclic) bond motifs is 1. The molecule has 1 aliphatic rings. The van der Waals surface area contributed by atoms with Gasteiger partial charge >= 0.3 is 6.09 Å². The van der Waals surface area contributed by atoms with E-state index in [1.54, 1.807) is 11.9 Å². The van der Waals surface area contributed by atoms with E-state index < -0.39 is 11.3 Å². The molecule has 10 heteroatoms. The van der Waals surface area contributed by atoms with Crippen LogP contribution in [-0.4, -0.2) is 75.2 Å². The predicted octanol–water partition coefficient (Wildman–Crippen LogP) is 2.20. The Kier molecular flexibility index (Phi) is 6.92. The molecule has 3 heterocycles. The summed E-state index contributed by atoms with van der Waals surface area (Å²) in [5.41, 5.74) is -0.523. The van der Waals surface area contributed by atoms with E-state index in [2.05, 4.69) is 25.8 Å². The third-order valence-corrected chi connectivity index (χ3v) is 5.25. The standard InChI is InChI=1S/C22H35N7O3/c1-15-16(29(22(5,6)31-15)20(30)32-21(2,3)4)14-25-19(23-7)24-12-11-18-27-26-17-10-8-9-13-28(17)18/h8-10,13,15-16H,11-12,14H2,1-7H3,(H2,23,24,25). The number of hydrogen-bond donors (Lipinski definition) is 2. The summed E-state index contributed by atoms with van der Waals surface area (Å²) in [7, 11) is 1.71. The highest BCUT2D eigenvalue weighted by Gasteiger charge is 2.49. The van der Waals surface area contributed by atoms with Crippen LogP contribution in [0.25, 0.3) is 5.65 Å². The average Bonchev–Trinajstić information content (AvgIpc) is 3.20. The lowest BCUT2D eigenvalue weighted by molar-refractivity contribution is -0.0755. The Labute approximate surface area is 189 Å². The van der Waals surface area contributed by atoms with Gasteiger partial charge in [0.1, 0.15) is 17.2 Å². The molecule has 32 heavy (non-hydrogen) atoms. The average molecular weight is 446 g/mol. The maximum atomic E-state index is 12.9. The number of aliphatic imine (C=N–C) groups is 1. The van der Waals surface area contributed by atoms with E-state index in [0.29, 0.717) is 25.5 Å². The van der Waals surface area contributed by atoms with Crippen LogP contribution in [0.2, 0.25) is 0 Å². The number of carbonyl (C=O) groups excluding carboxylic acids is 1. The molecule has 0 radical (unpaired) electrons. The zero-order valence-electron chi connectivity index (χ0n) is 20.0. The summed E-state index contributed by atoms with van der Waals surface area (Å²) in [6, 6.07) is 5.61. The highest BCUT2D eigenvalue weighted by molar-refractivity contribution is 5.79. The molecule has 1 aliphatic heterocycles. The third kappa shape index (κ3) is 5.48. The fourth-order valence-electron chi connectivity index (χ4n) is 3.90. The monoisotopic (exact) mass is 445 g/mol. The topological polar surface area (TPSA) is 105 Å². The Morgan fingerprint density at radius 3 is 2.72 bits per heavy atom. The number of amides is 1.